The molecule has 1 aromatic carbocycles. The van der Waals surface area contributed by atoms with Crippen LogP contribution in [0.1, 0.15) is 20.3 Å². The predicted octanol–water partition coefficient (Wildman–Crippen LogP) is 1.76. The number of hydrogen-bond donors (Lipinski definition) is 1. The van der Waals surface area contributed by atoms with Crippen molar-refractivity contribution in [3.8, 4) is 0 Å². The van der Waals surface area contributed by atoms with Crippen LogP contribution in [0.3, 0.4) is 0 Å². The van der Waals surface area contributed by atoms with E-state index in [2.05, 4.69) is 0 Å². The molecule has 1 aromatic rings. The van der Waals surface area contributed by atoms with E-state index >= 15 is 0 Å². The normalized spacial score (nSPS) is 12.1. The van der Waals surface area contributed by atoms with Gasteiger partial charge < -0.3 is 10.5 Å². The molecule has 0 bridgehead atoms. The number of carbonyl (C=O) groups excluding carboxylic acids is 1. The first-order chi connectivity index (χ1) is 7.24. The molecule has 0 fully saturated rings. The summed E-state index contributed by atoms with van der Waals surface area (Å²) in [6, 6.07) is 9.14. The molecule has 1 atom stereocenters. The van der Waals surface area contributed by atoms with Crippen molar-refractivity contribution in [3.63, 3.8) is 0 Å². The van der Waals surface area contributed by atoms with E-state index in [0.29, 0.717) is 13.0 Å². The summed E-state index contributed by atoms with van der Waals surface area (Å²) in [7, 11) is 0. The van der Waals surface area contributed by atoms with Gasteiger partial charge in [0.05, 0.1) is 6.61 Å². The summed E-state index contributed by atoms with van der Waals surface area (Å²) in [6.45, 7) is 2.40. The maximum absolute atomic E-state index is 11.4. The van der Waals surface area contributed by atoms with E-state index < -0.39 is 6.04 Å². The molecule has 0 spiro atoms. The van der Waals surface area contributed by atoms with Crippen LogP contribution >= 0.6 is 0 Å². The molecule has 2 N–H and O–H groups in total. The zero-order valence-electron chi connectivity index (χ0n) is 8.98. The van der Waals surface area contributed by atoms with Crippen molar-refractivity contribution in [1.82, 2.24) is 0 Å². The van der Waals surface area contributed by atoms with Gasteiger partial charge >= 0.3 is 5.97 Å². The largest absolute Gasteiger partial charge is 0.465 e. The van der Waals surface area contributed by atoms with Gasteiger partial charge in [0.1, 0.15) is 6.04 Å². The summed E-state index contributed by atoms with van der Waals surface area (Å²) in [5.41, 5.74) is 6.77. The first kappa shape index (κ1) is 11.7. The highest BCUT2D eigenvalue weighted by Crippen LogP contribution is 2.02. The van der Waals surface area contributed by atoms with Crippen molar-refractivity contribution < 1.29 is 11.0 Å². The summed E-state index contributed by atoms with van der Waals surface area (Å²) in [6.07, 6.45) is 1.35. The third-order valence-corrected chi connectivity index (χ3v) is 2.05. The van der Waals surface area contributed by atoms with E-state index in [1.54, 1.807) is 0 Å². The Balaban J connectivity index is 0.00000225. The van der Waals surface area contributed by atoms with E-state index in [0.717, 1.165) is 12.0 Å². The molecule has 0 radical (unpaired) electrons. The standard InChI is InChI=1S/C12H17NO2.H2/c1-2-8-15-12(14)11(13)9-10-6-4-3-5-7-10;/h3-7,11H,2,8-9,13H2,1H3;1H/t11-;/m0./s1. The Morgan fingerprint density at radius 1 is 1.47 bits per heavy atom. The van der Waals surface area contributed by atoms with Crippen LogP contribution in [0.15, 0.2) is 30.3 Å². The molecule has 0 aliphatic carbocycles. The maximum atomic E-state index is 11.4. The number of esters is 1. The van der Waals surface area contributed by atoms with E-state index in [1.807, 2.05) is 37.3 Å². The van der Waals surface area contributed by atoms with Crippen molar-refractivity contribution in [1.29, 1.82) is 0 Å². The highest BCUT2D eigenvalue weighted by atomic mass is 16.5. The summed E-state index contributed by atoms with van der Waals surface area (Å²) < 4.78 is 4.96. The summed E-state index contributed by atoms with van der Waals surface area (Å²) in [5.74, 6) is -0.319. The predicted molar refractivity (Wildman–Crippen MR) is 61.5 cm³/mol. The summed E-state index contributed by atoms with van der Waals surface area (Å²) in [4.78, 5) is 11.4. The van der Waals surface area contributed by atoms with Crippen LogP contribution in [0.2, 0.25) is 0 Å². The molecule has 0 amide bonds. The summed E-state index contributed by atoms with van der Waals surface area (Å²) in [5, 5.41) is 0. The molecule has 1 rings (SSSR count). The SMILES string of the molecule is CCCOC(=O)[C@@H](N)Cc1ccccc1.[HH]. The Bertz CT molecular complexity index is 303. The molecular weight excluding hydrogens is 190 g/mol. The molecule has 0 unspecified atom stereocenters. The van der Waals surface area contributed by atoms with Crippen LogP contribution in [-0.4, -0.2) is 18.6 Å². The molecular formula is C12H19NO2. The number of nitrogens with two attached hydrogens (primary N) is 1. The van der Waals surface area contributed by atoms with Crippen LogP contribution in [-0.2, 0) is 16.0 Å². The molecule has 3 heteroatoms. The van der Waals surface area contributed by atoms with Crippen molar-refractivity contribution in [2.45, 2.75) is 25.8 Å². The molecule has 0 heterocycles. The lowest BCUT2D eigenvalue weighted by Gasteiger charge is -2.10. The Hall–Kier alpha value is -1.35. The second-order valence-corrected chi connectivity index (χ2v) is 3.46. The van der Waals surface area contributed by atoms with Gasteiger partial charge in [-0.3, -0.25) is 4.79 Å². The molecule has 0 saturated heterocycles. The number of hydrogen-bond acceptors (Lipinski definition) is 3. The van der Waals surface area contributed by atoms with Gasteiger partial charge in [-0.25, -0.2) is 0 Å². The second-order valence-electron chi connectivity index (χ2n) is 3.46. The fraction of sp³-hybridized carbons (Fsp3) is 0.417. The highest BCUT2D eigenvalue weighted by Gasteiger charge is 2.14. The minimum absolute atomic E-state index is 0. The molecule has 84 valence electrons. The Morgan fingerprint density at radius 3 is 2.73 bits per heavy atom. The average Bonchev–Trinajstić information content (AvgIpc) is 2.27. The maximum Gasteiger partial charge on any atom is 0.323 e. The van der Waals surface area contributed by atoms with Crippen LogP contribution in [0.25, 0.3) is 0 Å². The molecule has 0 aliphatic heterocycles. The monoisotopic (exact) mass is 209 g/mol. The number of ether oxygens (including phenoxy) is 1. The zero-order valence-corrected chi connectivity index (χ0v) is 8.98. The molecule has 15 heavy (non-hydrogen) atoms. The lowest BCUT2D eigenvalue weighted by Crippen LogP contribution is -2.34. The quantitative estimate of drug-likeness (QED) is 0.752. The van der Waals surface area contributed by atoms with Crippen LogP contribution in [0, 0.1) is 0 Å². The van der Waals surface area contributed by atoms with Gasteiger partial charge in [0.25, 0.3) is 0 Å². The molecule has 0 aromatic heterocycles. The third-order valence-electron chi connectivity index (χ3n) is 2.05. The van der Waals surface area contributed by atoms with Crippen LogP contribution < -0.4 is 5.73 Å². The van der Waals surface area contributed by atoms with Gasteiger partial charge in [-0.1, -0.05) is 37.3 Å². The lowest BCUT2D eigenvalue weighted by molar-refractivity contribution is -0.145. The summed E-state index contributed by atoms with van der Waals surface area (Å²) >= 11 is 0. The fourth-order valence-corrected chi connectivity index (χ4v) is 1.26. The highest BCUT2D eigenvalue weighted by molar-refractivity contribution is 5.75. The Labute approximate surface area is 91.7 Å². The second kappa shape index (κ2) is 6.19. The zero-order chi connectivity index (χ0) is 11.1. The van der Waals surface area contributed by atoms with Crippen LogP contribution in [0.4, 0.5) is 0 Å². The first-order valence-corrected chi connectivity index (χ1v) is 5.20. The van der Waals surface area contributed by atoms with E-state index in [4.69, 9.17) is 10.5 Å². The van der Waals surface area contributed by atoms with E-state index in [9.17, 15) is 4.79 Å². The topological polar surface area (TPSA) is 52.3 Å². The minimum Gasteiger partial charge on any atom is -0.465 e. The van der Waals surface area contributed by atoms with Gasteiger partial charge in [0, 0.05) is 1.43 Å². The minimum atomic E-state index is -0.557. The first-order valence-electron chi connectivity index (χ1n) is 5.20. The third kappa shape index (κ3) is 4.13. The average molecular weight is 209 g/mol. The molecule has 0 aliphatic rings. The van der Waals surface area contributed by atoms with Crippen molar-refractivity contribution in [2.75, 3.05) is 6.61 Å². The van der Waals surface area contributed by atoms with E-state index in [-0.39, 0.29) is 7.40 Å². The molecule has 3 nitrogen and oxygen atoms in total. The van der Waals surface area contributed by atoms with Gasteiger partial charge in [0.15, 0.2) is 0 Å². The van der Waals surface area contributed by atoms with Gasteiger partial charge in [-0.05, 0) is 18.4 Å². The fourth-order valence-electron chi connectivity index (χ4n) is 1.26. The van der Waals surface area contributed by atoms with Crippen molar-refractivity contribution in [3.05, 3.63) is 35.9 Å². The van der Waals surface area contributed by atoms with Gasteiger partial charge in [-0.2, -0.15) is 0 Å². The number of benzene rings is 1. The van der Waals surface area contributed by atoms with Crippen LogP contribution in [0.5, 0.6) is 0 Å². The number of rotatable bonds is 5. The van der Waals surface area contributed by atoms with E-state index in [1.165, 1.54) is 0 Å². The van der Waals surface area contributed by atoms with Crippen molar-refractivity contribution in [2.24, 2.45) is 5.73 Å². The smallest absolute Gasteiger partial charge is 0.323 e. The Kier molecular flexibility index (Phi) is 4.84. The number of carbonyl (C=O) groups is 1. The Morgan fingerprint density at radius 2 is 2.13 bits per heavy atom. The van der Waals surface area contributed by atoms with Gasteiger partial charge in [-0.15, -0.1) is 0 Å². The lowest BCUT2D eigenvalue weighted by atomic mass is 10.1. The van der Waals surface area contributed by atoms with Gasteiger partial charge in [0.2, 0.25) is 0 Å². The van der Waals surface area contributed by atoms with Crippen molar-refractivity contribution >= 4 is 5.97 Å². The molecule has 0 saturated carbocycles.